The van der Waals surface area contributed by atoms with Crippen molar-refractivity contribution in [1.82, 2.24) is 4.98 Å². The number of hydrogen-bond acceptors (Lipinski definition) is 3. The smallest absolute Gasteiger partial charge is 0.0794 e. The molecule has 0 aromatic carbocycles. The Bertz CT molecular complexity index is 414. The minimum absolute atomic E-state index is 0.157. The van der Waals surface area contributed by atoms with E-state index in [0.717, 1.165) is 30.9 Å². The van der Waals surface area contributed by atoms with Gasteiger partial charge in [0.2, 0.25) is 0 Å². The van der Waals surface area contributed by atoms with E-state index in [2.05, 4.69) is 37.2 Å². The fourth-order valence-corrected chi connectivity index (χ4v) is 3.59. The van der Waals surface area contributed by atoms with Gasteiger partial charge >= 0.3 is 0 Å². The number of nitrogens with zero attached hydrogens (tertiary/aromatic N) is 2. The van der Waals surface area contributed by atoms with E-state index in [9.17, 15) is 5.26 Å². The molecule has 0 spiro atoms. The summed E-state index contributed by atoms with van der Waals surface area (Å²) in [5.41, 5.74) is 3.18. The number of thiazole rings is 1. The molecule has 1 aromatic rings. The van der Waals surface area contributed by atoms with Crippen molar-refractivity contribution in [2.45, 2.75) is 52.9 Å². The first-order chi connectivity index (χ1) is 8.45. The second-order valence-electron chi connectivity index (χ2n) is 6.69. The van der Waals surface area contributed by atoms with Crippen molar-refractivity contribution in [1.29, 1.82) is 5.26 Å². The van der Waals surface area contributed by atoms with E-state index >= 15 is 0 Å². The van der Waals surface area contributed by atoms with Gasteiger partial charge in [0.05, 0.1) is 22.7 Å². The molecule has 0 aliphatic heterocycles. The van der Waals surface area contributed by atoms with Crippen LogP contribution in [0.2, 0.25) is 0 Å². The average molecular weight is 262 g/mol. The van der Waals surface area contributed by atoms with Crippen LogP contribution in [0.15, 0.2) is 10.9 Å². The maximum atomic E-state index is 9.56. The Morgan fingerprint density at radius 2 is 2.11 bits per heavy atom. The van der Waals surface area contributed by atoms with Crippen LogP contribution in [0.4, 0.5) is 0 Å². The third-order valence-corrected chi connectivity index (χ3v) is 5.04. The van der Waals surface area contributed by atoms with Crippen molar-refractivity contribution >= 4 is 11.3 Å². The van der Waals surface area contributed by atoms with Gasteiger partial charge in [-0.1, -0.05) is 20.8 Å². The second-order valence-corrected chi connectivity index (χ2v) is 7.41. The molecule has 98 valence electrons. The zero-order chi connectivity index (χ0) is 13.2. The van der Waals surface area contributed by atoms with Crippen LogP contribution in [-0.4, -0.2) is 4.98 Å². The molecule has 1 fully saturated rings. The number of hydrogen-bond donors (Lipinski definition) is 0. The van der Waals surface area contributed by atoms with Gasteiger partial charge in [-0.2, -0.15) is 5.26 Å². The lowest BCUT2D eigenvalue weighted by molar-refractivity contribution is 0.120. The van der Waals surface area contributed by atoms with E-state index in [1.807, 2.05) is 5.51 Å². The molecule has 0 atom stereocenters. The Labute approximate surface area is 114 Å². The highest BCUT2D eigenvalue weighted by Crippen LogP contribution is 2.46. The molecule has 1 saturated carbocycles. The fraction of sp³-hybridized carbons (Fsp3) is 0.733. The van der Waals surface area contributed by atoms with Crippen molar-refractivity contribution in [3.05, 3.63) is 16.6 Å². The fourth-order valence-electron chi connectivity index (χ4n) is 3.04. The van der Waals surface area contributed by atoms with Gasteiger partial charge in [-0.25, -0.2) is 4.98 Å². The van der Waals surface area contributed by atoms with E-state index in [4.69, 9.17) is 0 Å². The van der Waals surface area contributed by atoms with Gasteiger partial charge in [0.15, 0.2) is 0 Å². The third kappa shape index (κ3) is 2.92. The van der Waals surface area contributed by atoms with Crippen LogP contribution in [0.5, 0.6) is 0 Å². The van der Waals surface area contributed by atoms with Gasteiger partial charge < -0.3 is 0 Å². The summed E-state index contributed by atoms with van der Waals surface area (Å²) in [5.74, 6) is 0.759. The van der Waals surface area contributed by atoms with Gasteiger partial charge in [0.25, 0.3) is 0 Å². The quantitative estimate of drug-likeness (QED) is 0.790. The molecule has 3 heteroatoms. The van der Waals surface area contributed by atoms with E-state index in [-0.39, 0.29) is 5.41 Å². The Balaban J connectivity index is 2.03. The largest absolute Gasteiger partial charge is 0.250 e. The van der Waals surface area contributed by atoms with E-state index in [1.165, 1.54) is 12.8 Å². The van der Waals surface area contributed by atoms with E-state index in [1.54, 1.807) is 11.3 Å². The normalized spacial score (nSPS) is 28.9. The molecule has 0 unspecified atom stereocenters. The summed E-state index contributed by atoms with van der Waals surface area (Å²) >= 11 is 1.62. The van der Waals surface area contributed by atoms with Crippen LogP contribution < -0.4 is 0 Å². The van der Waals surface area contributed by atoms with Crippen LogP contribution >= 0.6 is 11.3 Å². The van der Waals surface area contributed by atoms with Crippen molar-refractivity contribution in [2.75, 3.05) is 0 Å². The highest BCUT2D eigenvalue weighted by Gasteiger charge is 2.39. The Kier molecular flexibility index (Phi) is 3.77. The molecule has 0 bridgehead atoms. The van der Waals surface area contributed by atoms with Gasteiger partial charge in [0, 0.05) is 11.8 Å². The van der Waals surface area contributed by atoms with Gasteiger partial charge in [-0.3, -0.25) is 0 Å². The van der Waals surface area contributed by atoms with E-state index in [0.29, 0.717) is 5.41 Å². The molecule has 1 aliphatic rings. The summed E-state index contributed by atoms with van der Waals surface area (Å²) in [7, 11) is 0. The molecule has 1 aromatic heterocycles. The third-order valence-electron chi connectivity index (χ3n) is 4.41. The molecular weight excluding hydrogens is 240 g/mol. The lowest BCUT2D eigenvalue weighted by Crippen LogP contribution is -2.33. The van der Waals surface area contributed by atoms with E-state index < -0.39 is 0 Å². The first-order valence-corrected chi connectivity index (χ1v) is 7.68. The lowest BCUT2D eigenvalue weighted by atomic mass is 9.63. The van der Waals surface area contributed by atoms with Crippen LogP contribution in [0.1, 0.15) is 52.1 Å². The Hall–Kier alpha value is -0.880. The van der Waals surface area contributed by atoms with Crippen LogP contribution in [0.3, 0.4) is 0 Å². The summed E-state index contributed by atoms with van der Waals surface area (Å²) in [5, 5.41) is 11.6. The highest BCUT2D eigenvalue weighted by molar-refractivity contribution is 7.07. The maximum absolute atomic E-state index is 9.56. The molecule has 0 N–H and O–H groups in total. The number of nitriles is 1. The minimum atomic E-state index is -0.157. The lowest BCUT2D eigenvalue weighted by Gasteiger charge is -2.40. The zero-order valence-corrected chi connectivity index (χ0v) is 12.4. The summed E-state index contributed by atoms with van der Waals surface area (Å²) in [6.45, 7) is 6.95. The average Bonchev–Trinajstić information content (AvgIpc) is 2.81. The van der Waals surface area contributed by atoms with Gasteiger partial charge in [-0.15, -0.1) is 11.3 Å². The highest BCUT2D eigenvalue weighted by atomic mass is 32.1. The minimum Gasteiger partial charge on any atom is -0.250 e. The van der Waals surface area contributed by atoms with Crippen molar-refractivity contribution < 1.29 is 0 Å². The second kappa shape index (κ2) is 5.01. The Morgan fingerprint density at radius 1 is 1.44 bits per heavy atom. The predicted octanol–water partition coefficient (Wildman–Crippen LogP) is 4.43. The molecule has 0 radical (unpaired) electrons. The summed E-state index contributed by atoms with van der Waals surface area (Å²) in [6.07, 6.45) is 5.26. The standard InChI is InChI=1S/C15H22N2S/c1-14(2,3)12-4-6-15(10-16,7-5-12)8-13-9-18-11-17-13/h9,11-12H,4-8H2,1-3H3. The monoisotopic (exact) mass is 262 g/mol. The van der Waals surface area contributed by atoms with Gasteiger partial charge in [-0.05, 0) is 37.0 Å². The summed E-state index contributed by atoms with van der Waals surface area (Å²) in [4.78, 5) is 4.34. The topological polar surface area (TPSA) is 36.7 Å². The zero-order valence-electron chi connectivity index (χ0n) is 11.6. The van der Waals surface area contributed by atoms with Crippen LogP contribution in [0.25, 0.3) is 0 Å². The molecule has 1 heterocycles. The first kappa shape index (κ1) is 13.5. The van der Waals surface area contributed by atoms with Crippen molar-refractivity contribution in [2.24, 2.45) is 16.7 Å². The molecule has 2 nitrogen and oxygen atoms in total. The molecular formula is C15H22N2S. The van der Waals surface area contributed by atoms with Crippen LogP contribution in [-0.2, 0) is 6.42 Å². The number of rotatable bonds is 2. The Morgan fingerprint density at radius 3 is 2.56 bits per heavy atom. The number of aromatic nitrogens is 1. The predicted molar refractivity (Wildman–Crippen MR) is 75.3 cm³/mol. The van der Waals surface area contributed by atoms with Crippen molar-refractivity contribution in [3.8, 4) is 6.07 Å². The van der Waals surface area contributed by atoms with Gasteiger partial charge in [0.1, 0.15) is 0 Å². The molecule has 2 rings (SSSR count). The van der Waals surface area contributed by atoms with Crippen molar-refractivity contribution in [3.63, 3.8) is 0 Å². The SMILES string of the molecule is CC(C)(C)C1CCC(C#N)(Cc2cscn2)CC1. The molecule has 0 amide bonds. The first-order valence-electron chi connectivity index (χ1n) is 6.73. The molecule has 0 saturated heterocycles. The van der Waals surface area contributed by atoms with Crippen LogP contribution in [0, 0.1) is 28.1 Å². The molecule has 18 heavy (non-hydrogen) atoms. The maximum Gasteiger partial charge on any atom is 0.0794 e. The molecule has 1 aliphatic carbocycles. The summed E-state index contributed by atoms with van der Waals surface area (Å²) in [6, 6.07) is 2.59. The summed E-state index contributed by atoms with van der Waals surface area (Å²) < 4.78 is 0.